The van der Waals surface area contributed by atoms with Crippen LogP contribution in [0.15, 0.2) is 0 Å². The lowest BCUT2D eigenvalue weighted by atomic mass is 10.1. The molecule has 0 aliphatic rings. The van der Waals surface area contributed by atoms with Gasteiger partial charge in [0.2, 0.25) is 0 Å². The Labute approximate surface area is 102 Å². The molecule has 0 aliphatic heterocycles. The van der Waals surface area contributed by atoms with Gasteiger partial charge in [0.05, 0.1) is 4.83 Å². The van der Waals surface area contributed by atoms with E-state index in [0.29, 0.717) is 6.42 Å². The van der Waals surface area contributed by atoms with Crippen molar-refractivity contribution in [2.75, 3.05) is 5.33 Å². The first-order chi connectivity index (χ1) is 6.48. The van der Waals surface area contributed by atoms with E-state index in [9.17, 15) is 0 Å². The van der Waals surface area contributed by atoms with Gasteiger partial charge in [-0.1, -0.05) is 57.5 Å². The molecular formula is C9H18Br2O3. The van der Waals surface area contributed by atoms with Gasteiger partial charge in [-0.2, -0.15) is 0 Å². The predicted octanol–water partition coefficient (Wildman–Crippen LogP) is 2.12. The Morgan fingerprint density at radius 2 is 1.43 bits per heavy atom. The van der Waals surface area contributed by atoms with Crippen LogP contribution in [0.4, 0.5) is 0 Å². The Kier molecular flexibility index (Phi) is 8.53. The Bertz CT molecular complexity index is 137. The highest BCUT2D eigenvalue weighted by Gasteiger charge is 2.28. The molecule has 0 saturated carbocycles. The van der Waals surface area contributed by atoms with Crippen LogP contribution in [0.2, 0.25) is 0 Å². The van der Waals surface area contributed by atoms with Gasteiger partial charge in [-0.25, -0.2) is 0 Å². The Hall–Kier alpha value is 0.840. The predicted molar refractivity (Wildman–Crippen MR) is 63.6 cm³/mol. The molecule has 3 N–H and O–H groups in total. The zero-order valence-corrected chi connectivity index (χ0v) is 11.3. The Morgan fingerprint density at radius 3 is 1.93 bits per heavy atom. The molecule has 0 aliphatic carbocycles. The highest BCUT2D eigenvalue weighted by molar-refractivity contribution is 9.09. The minimum atomic E-state index is -2.59. The van der Waals surface area contributed by atoms with Crippen molar-refractivity contribution in [3.8, 4) is 0 Å². The first-order valence-electron chi connectivity index (χ1n) is 4.85. The van der Waals surface area contributed by atoms with Crippen molar-refractivity contribution in [2.45, 2.75) is 49.3 Å². The number of aliphatic hydroxyl groups is 3. The third kappa shape index (κ3) is 8.17. The van der Waals surface area contributed by atoms with Gasteiger partial charge in [-0.05, 0) is 12.8 Å². The zero-order chi connectivity index (χ0) is 11.0. The number of alkyl halides is 2. The average Bonchev–Trinajstić information content (AvgIpc) is 2.09. The van der Waals surface area contributed by atoms with Gasteiger partial charge < -0.3 is 15.3 Å². The van der Waals surface area contributed by atoms with Gasteiger partial charge in [-0.15, -0.1) is 0 Å². The van der Waals surface area contributed by atoms with E-state index < -0.39 is 10.8 Å². The minimum Gasteiger partial charge on any atom is -0.343 e. The van der Waals surface area contributed by atoms with Crippen LogP contribution < -0.4 is 0 Å². The van der Waals surface area contributed by atoms with Crippen LogP contribution in [0.25, 0.3) is 0 Å². The van der Waals surface area contributed by atoms with Crippen LogP contribution in [0.3, 0.4) is 0 Å². The first kappa shape index (κ1) is 14.8. The number of halogens is 2. The van der Waals surface area contributed by atoms with Crippen molar-refractivity contribution in [1.82, 2.24) is 0 Å². The molecule has 14 heavy (non-hydrogen) atoms. The SMILES string of the molecule is OC(O)(O)C(Br)CCCCCCCBr. The van der Waals surface area contributed by atoms with Crippen molar-refractivity contribution >= 4 is 31.9 Å². The summed E-state index contributed by atoms with van der Waals surface area (Å²) in [6, 6.07) is 0. The summed E-state index contributed by atoms with van der Waals surface area (Å²) in [5.41, 5.74) is 0. The van der Waals surface area contributed by atoms with Crippen molar-refractivity contribution in [3.63, 3.8) is 0 Å². The van der Waals surface area contributed by atoms with Gasteiger partial charge in [0.15, 0.2) is 0 Å². The standard InChI is InChI=1S/C9H18Br2O3/c10-7-5-3-1-2-4-6-8(11)9(12,13)14/h8,12-14H,1-7H2. The van der Waals surface area contributed by atoms with Crippen molar-refractivity contribution in [1.29, 1.82) is 0 Å². The second kappa shape index (κ2) is 8.05. The quantitative estimate of drug-likeness (QED) is 0.362. The van der Waals surface area contributed by atoms with E-state index in [1.807, 2.05) is 0 Å². The molecule has 5 heteroatoms. The lowest BCUT2D eigenvalue weighted by Gasteiger charge is -2.20. The van der Waals surface area contributed by atoms with E-state index in [4.69, 9.17) is 15.3 Å². The maximum absolute atomic E-state index is 8.78. The molecule has 0 aromatic carbocycles. The zero-order valence-electron chi connectivity index (χ0n) is 8.12. The number of unbranched alkanes of at least 4 members (excludes halogenated alkanes) is 4. The van der Waals surface area contributed by atoms with Gasteiger partial charge in [-0.3, -0.25) is 0 Å². The topological polar surface area (TPSA) is 60.7 Å². The normalized spacial score (nSPS) is 14.4. The fraction of sp³-hybridized carbons (Fsp3) is 1.00. The molecule has 0 saturated heterocycles. The number of hydrogen-bond donors (Lipinski definition) is 3. The number of rotatable bonds is 8. The summed E-state index contributed by atoms with van der Waals surface area (Å²) >= 11 is 6.38. The van der Waals surface area contributed by atoms with E-state index >= 15 is 0 Å². The van der Waals surface area contributed by atoms with Crippen molar-refractivity contribution < 1.29 is 15.3 Å². The molecule has 0 amide bonds. The number of hydrogen-bond acceptors (Lipinski definition) is 3. The summed E-state index contributed by atoms with van der Waals surface area (Å²) < 4.78 is 0. The highest BCUT2D eigenvalue weighted by atomic mass is 79.9. The molecule has 1 unspecified atom stereocenters. The molecule has 1 atom stereocenters. The Balaban J connectivity index is 3.28. The molecule has 0 spiro atoms. The van der Waals surface area contributed by atoms with E-state index in [0.717, 1.165) is 24.6 Å². The summed E-state index contributed by atoms with van der Waals surface area (Å²) in [7, 11) is 0. The molecule has 0 heterocycles. The molecule has 0 rings (SSSR count). The first-order valence-corrected chi connectivity index (χ1v) is 6.89. The highest BCUT2D eigenvalue weighted by Crippen LogP contribution is 2.19. The maximum Gasteiger partial charge on any atom is 0.288 e. The second-order valence-electron chi connectivity index (χ2n) is 3.40. The van der Waals surface area contributed by atoms with Gasteiger partial charge in [0.25, 0.3) is 5.97 Å². The van der Waals surface area contributed by atoms with Crippen molar-refractivity contribution in [3.05, 3.63) is 0 Å². The molecule has 0 fully saturated rings. The van der Waals surface area contributed by atoms with E-state index in [1.165, 1.54) is 12.8 Å². The van der Waals surface area contributed by atoms with Crippen LogP contribution >= 0.6 is 31.9 Å². The average molecular weight is 334 g/mol. The van der Waals surface area contributed by atoms with Gasteiger partial charge >= 0.3 is 0 Å². The third-order valence-electron chi connectivity index (χ3n) is 2.01. The molecule has 0 aromatic heterocycles. The third-order valence-corrected chi connectivity index (χ3v) is 3.64. The van der Waals surface area contributed by atoms with Crippen LogP contribution in [0.5, 0.6) is 0 Å². The summed E-state index contributed by atoms with van der Waals surface area (Å²) in [5, 5.41) is 27.4. The summed E-state index contributed by atoms with van der Waals surface area (Å²) in [5.74, 6) is -2.59. The van der Waals surface area contributed by atoms with Crippen LogP contribution in [-0.2, 0) is 0 Å². The Morgan fingerprint density at radius 1 is 0.929 bits per heavy atom. The maximum atomic E-state index is 8.78. The summed E-state index contributed by atoms with van der Waals surface area (Å²) in [6.07, 6.45) is 6.05. The molecule has 86 valence electrons. The monoisotopic (exact) mass is 332 g/mol. The molecular weight excluding hydrogens is 316 g/mol. The summed E-state index contributed by atoms with van der Waals surface area (Å²) in [4.78, 5) is -0.661. The minimum absolute atomic E-state index is 0.567. The summed E-state index contributed by atoms with van der Waals surface area (Å²) in [6.45, 7) is 0. The van der Waals surface area contributed by atoms with E-state index in [2.05, 4.69) is 31.9 Å². The van der Waals surface area contributed by atoms with Crippen LogP contribution in [-0.4, -0.2) is 31.5 Å². The lowest BCUT2D eigenvalue weighted by molar-refractivity contribution is -0.309. The fourth-order valence-electron chi connectivity index (χ4n) is 1.14. The van der Waals surface area contributed by atoms with Crippen molar-refractivity contribution in [2.24, 2.45) is 0 Å². The molecule has 3 nitrogen and oxygen atoms in total. The second-order valence-corrected chi connectivity index (χ2v) is 5.30. The van der Waals surface area contributed by atoms with Gasteiger partial charge in [0.1, 0.15) is 0 Å². The smallest absolute Gasteiger partial charge is 0.288 e. The van der Waals surface area contributed by atoms with Crippen LogP contribution in [0, 0.1) is 0 Å². The molecule has 0 radical (unpaired) electrons. The molecule has 0 aromatic rings. The van der Waals surface area contributed by atoms with Gasteiger partial charge in [0, 0.05) is 5.33 Å². The van der Waals surface area contributed by atoms with Crippen LogP contribution in [0.1, 0.15) is 38.5 Å². The van der Waals surface area contributed by atoms with E-state index in [1.54, 1.807) is 0 Å². The molecule has 0 bridgehead atoms. The fourth-order valence-corrected chi connectivity index (χ4v) is 1.86. The van der Waals surface area contributed by atoms with E-state index in [-0.39, 0.29) is 0 Å². The lowest BCUT2D eigenvalue weighted by Crippen LogP contribution is -2.37. The largest absolute Gasteiger partial charge is 0.343 e.